The van der Waals surface area contributed by atoms with Crippen LogP contribution >= 0.6 is 11.3 Å². The molecule has 2 aromatic rings. The molecule has 0 fully saturated rings. The van der Waals surface area contributed by atoms with Crippen molar-refractivity contribution in [2.45, 2.75) is 49.3 Å². The van der Waals surface area contributed by atoms with Crippen molar-refractivity contribution < 1.29 is 40.7 Å². The van der Waals surface area contributed by atoms with E-state index in [0.29, 0.717) is 23.3 Å². The zero-order valence-electron chi connectivity index (χ0n) is 18.3. The normalized spacial score (nSPS) is 15.7. The van der Waals surface area contributed by atoms with E-state index in [9.17, 15) is 31.2 Å². The average molecular weight is 521 g/mol. The number of halogens is 3. The second kappa shape index (κ2) is 9.92. The first-order valence-corrected chi connectivity index (χ1v) is 12.6. The first-order chi connectivity index (χ1) is 16.0. The summed E-state index contributed by atoms with van der Waals surface area (Å²) in [6.45, 7) is 0.838. The first-order valence-electron chi connectivity index (χ1n) is 10.3. The van der Waals surface area contributed by atoms with Crippen LogP contribution in [0.3, 0.4) is 0 Å². The fraction of sp³-hybridized carbons (Fsp3) is 0.429. The molecule has 186 valence electrons. The molecule has 8 nitrogen and oxygen atoms in total. The number of rotatable bonds is 8. The van der Waals surface area contributed by atoms with Gasteiger partial charge in [0.15, 0.2) is 0 Å². The van der Waals surface area contributed by atoms with Crippen LogP contribution in [0.1, 0.15) is 40.6 Å². The molecule has 0 radical (unpaired) electrons. The molecule has 34 heavy (non-hydrogen) atoms. The Hall–Kier alpha value is -2.64. The molecule has 0 saturated heterocycles. The van der Waals surface area contributed by atoms with Crippen LogP contribution in [0.4, 0.5) is 18.2 Å². The maximum atomic E-state index is 14.6. The maximum Gasteiger partial charge on any atom is 0.437 e. The van der Waals surface area contributed by atoms with Gasteiger partial charge >= 0.3 is 18.1 Å². The Balaban J connectivity index is 2.20. The Morgan fingerprint density at radius 3 is 2.35 bits per heavy atom. The lowest BCUT2D eigenvalue weighted by atomic mass is 9.95. The number of ether oxygens (including phenoxy) is 2. The molecule has 0 aliphatic heterocycles. The number of benzene rings is 1. The van der Waals surface area contributed by atoms with Crippen LogP contribution in [0.25, 0.3) is 0 Å². The summed E-state index contributed by atoms with van der Waals surface area (Å²) in [5.41, 5.74) is -3.54. The van der Waals surface area contributed by atoms with Crippen molar-refractivity contribution in [3.63, 3.8) is 0 Å². The number of anilines is 1. The molecule has 1 aliphatic rings. The van der Waals surface area contributed by atoms with E-state index in [0.717, 1.165) is 43.4 Å². The van der Waals surface area contributed by atoms with Crippen molar-refractivity contribution >= 4 is 38.3 Å². The van der Waals surface area contributed by atoms with Gasteiger partial charge in [0.2, 0.25) is 10.0 Å². The van der Waals surface area contributed by atoms with Crippen LogP contribution < -0.4 is 10.0 Å². The minimum atomic E-state index is -5.50. The quantitative estimate of drug-likeness (QED) is 0.404. The smallest absolute Gasteiger partial charge is 0.437 e. The molecule has 2 N–H and O–H groups in total. The molecule has 0 saturated carbocycles. The number of aryl methyl sites for hydroxylation is 1. The van der Waals surface area contributed by atoms with Gasteiger partial charge in [-0.15, -0.1) is 11.3 Å². The van der Waals surface area contributed by atoms with Crippen LogP contribution in [0.2, 0.25) is 0 Å². The molecule has 3 rings (SSSR count). The minimum absolute atomic E-state index is 0.154. The number of fused-ring (bicyclic) bond motifs is 1. The summed E-state index contributed by atoms with van der Waals surface area (Å²) in [4.78, 5) is 25.5. The summed E-state index contributed by atoms with van der Waals surface area (Å²) >= 11 is 0.851. The van der Waals surface area contributed by atoms with Crippen LogP contribution in [-0.4, -0.2) is 45.9 Å². The van der Waals surface area contributed by atoms with Gasteiger partial charge in [0.25, 0.3) is 5.66 Å². The number of alkyl halides is 3. The zero-order chi connectivity index (χ0) is 25.1. The number of sulfonamides is 1. The van der Waals surface area contributed by atoms with E-state index in [2.05, 4.69) is 4.74 Å². The molecule has 1 aromatic heterocycles. The fourth-order valence-corrected chi connectivity index (χ4v) is 6.22. The summed E-state index contributed by atoms with van der Waals surface area (Å²) in [6, 6.07) is 6.30. The number of esters is 2. The van der Waals surface area contributed by atoms with E-state index in [1.165, 1.54) is 29.8 Å². The summed E-state index contributed by atoms with van der Waals surface area (Å²) < 4.78 is 80.5. The van der Waals surface area contributed by atoms with Crippen molar-refractivity contribution in [3.8, 4) is 0 Å². The van der Waals surface area contributed by atoms with Crippen molar-refractivity contribution in [2.24, 2.45) is 0 Å². The molecule has 0 spiro atoms. The highest BCUT2D eigenvalue weighted by atomic mass is 32.2. The Morgan fingerprint density at radius 2 is 1.76 bits per heavy atom. The number of hydrogen-bond donors (Lipinski definition) is 2. The van der Waals surface area contributed by atoms with Crippen molar-refractivity contribution in [3.05, 3.63) is 46.3 Å². The van der Waals surface area contributed by atoms with Crippen LogP contribution in [0, 0.1) is 0 Å². The minimum Gasteiger partial charge on any atom is -0.465 e. The topological polar surface area (TPSA) is 111 Å². The van der Waals surface area contributed by atoms with Gasteiger partial charge in [-0.05, 0) is 50.3 Å². The lowest BCUT2D eigenvalue weighted by Crippen LogP contribution is -2.69. The molecule has 1 aliphatic carbocycles. The summed E-state index contributed by atoms with van der Waals surface area (Å²) in [7, 11) is -3.79. The standard InChI is InChI=1S/C21H23F3N2O6S2/c1-3-32-19(28)20(21(22,23)24,26-34(29,30)13-9-5-4-6-10-13)25-17-16(18(27)31-2)14-11-7-8-12-15(14)33-17/h4-6,9-10,25-26H,3,7-8,11-12H2,1-2H3/t20-/m0/s1. The van der Waals surface area contributed by atoms with Gasteiger partial charge in [-0.3, -0.25) is 0 Å². The molecular weight excluding hydrogens is 497 g/mol. The zero-order valence-corrected chi connectivity index (χ0v) is 20.0. The first kappa shape index (κ1) is 26.0. The fourth-order valence-electron chi connectivity index (χ4n) is 3.60. The van der Waals surface area contributed by atoms with E-state index in [1.807, 2.05) is 5.32 Å². The highest BCUT2D eigenvalue weighted by Crippen LogP contribution is 2.42. The number of carbonyl (C=O) groups excluding carboxylic acids is 2. The molecular formula is C21H23F3N2O6S2. The Morgan fingerprint density at radius 1 is 1.12 bits per heavy atom. The molecule has 1 aromatic carbocycles. The third-order valence-corrected chi connectivity index (χ3v) is 7.88. The summed E-state index contributed by atoms with van der Waals surface area (Å²) in [6.07, 6.45) is -3.04. The van der Waals surface area contributed by atoms with Crippen LogP contribution in [0.15, 0.2) is 35.2 Å². The Kier molecular flexibility index (Phi) is 7.58. The maximum absolute atomic E-state index is 14.6. The van der Waals surface area contributed by atoms with E-state index in [4.69, 9.17) is 4.74 Å². The second-order valence-corrected chi connectivity index (χ2v) is 10.2. The lowest BCUT2D eigenvalue weighted by molar-refractivity contribution is -0.202. The van der Waals surface area contributed by atoms with Gasteiger partial charge in [-0.25, -0.2) is 18.0 Å². The number of hydrogen-bond acceptors (Lipinski definition) is 8. The summed E-state index contributed by atoms with van der Waals surface area (Å²) in [5, 5.41) is 1.68. The molecule has 0 unspecified atom stereocenters. The van der Waals surface area contributed by atoms with Crippen molar-refractivity contribution in [2.75, 3.05) is 19.0 Å². The van der Waals surface area contributed by atoms with Gasteiger partial charge in [-0.1, -0.05) is 18.2 Å². The third-order valence-electron chi connectivity index (χ3n) is 5.21. The Labute approximate surface area is 198 Å². The Bertz CT molecular complexity index is 1170. The monoisotopic (exact) mass is 520 g/mol. The third kappa shape index (κ3) is 4.91. The average Bonchev–Trinajstić information content (AvgIpc) is 3.15. The molecule has 1 heterocycles. The highest BCUT2D eigenvalue weighted by molar-refractivity contribution is 7.89. The number of carbonyl (C=O) groups is 2. The van der Waals surface area contributed by atoms with Crippen LogP contribution in [-0.2, 0) is 37.1 Å². The lowest BCUT2D eigenvalue weighted by Gasteiger charge is -2.34. The molecule has 0 bridgehead atoms. The number of nitrogens with one attached hydrogen (secondary N) is 2. The largest absolute Gasteiger partial charge is 0.465 e. The molecule has 1 atom stereocenters. The van der Waals surface area contributed by atoms with E-state index in [-0.39, 0.29) is 10.6 Å². The van der Waals surface area contributed by atoms with Gasteiger partial charge in [-0.2, -0.15) is 17.9 Å². The van der Waals surface area contributed by atoms with E-state index >= 15 is 0 Å². The van der Waals surface area contributed by atoms with Crippen LogP contribution in [0.5, 0.6) is 0 Å². The van der Waals surface area contributed by atoms with Crippen molar-refractivity contribution in [1.82, 2.24) is 4.72 Å². The second-order valence-electron chi connectivity index (χ2n) is 7.42. The van der Waals surface area contributed by atoms with Gasteiger partial charge in [0, 0.05) is 4.88 Å². The number of thiophene rings is 1. The summed E-state index contributed by atoms with van der Waals surface area (Å²) in [5.74, 6) is -2.81. The molecule has 0 amide bonds. The van der Waals surface area contributed by atoms with E-state index in [1.54, 1.807) is 0 Å². The predicted octanol–water partition coefficient (Wildman–Crippen LogP) is 3.63. The van der Waals surface area contributed by atoms with Crippen molar-refractivity contribution in [1.29, 1.82) is 0 Å². The highest BCUT2D eigenvalue weighted by Gasteiger charge is 2.65. The molecule has 13 heteroatoms. The van der Waals surface area contributed by atoms with E-state index < -0.39 is 45.3 Å². The predicted molar refractivity (Wildman–Crippen MR) is 118 cm³/mol. The van der Waals surface area contributed by atoms with Gasteiger partial charge in [0.1, 0.15) is 5.00 Å². The SMILES string of the molecule is CCOC(=O)[C@](Nc1sc2c(c1C(=O)OC)CCCC2)(NS(=O)(=O)c1ccccc1)C(F)(F)F. The van der Waals surface area contributed by atoms with Gasteiger partial charge < -0.3 is 14.8 Å². The number of methoxy groups -OCH3 is 1. The van der Waals surface area contributed by atoms with Gasteiger partial charge in [0.05, 0.1) is 24.2 Å².